The molecule has 9 heteroatoms. The van der Waals surface area contributed by atoms with Crippen molar-refractivity contribution in [1.29, 1.82) is 0 Å². The predicted octanol–water partition coefficient (Wildman–Crippen LogP) is 2.24. The third-order valence-corrected chi connectivity index (χ3v) is 4.40. The van der Waals surface area contributed by atoms with E-state index >= 15 is 0 Å². The van der Waals surface area contributed by atoms with Crippen molar-refractivity contribution in [3.8, 4) is 0 Å². The van der Waals surface area contributed by atoms with Crippen LogP contribution in [0.25, 0.3) is 10.9 Å². The molecule has 2 amide bonds. The lowest BCUT2D eigenvalue weighted by molar-refractivity contribution is -0.141. The van der Waals surface area contributed by atoms with Gasteiger partial charge in [-0.05, 0) is 32.4 Å². The lowest BCUT2D eigenvalue weighted by atomic mass is 10.0. The second-order valence-electron chi connectivity index (χ2n) is 8.10. The molecule has 3 N–H and O–H groups in total. The Bertz CT molecular complexity index is 944. The number of ketones is 1. The number of methoxy groups -OCH3 is 1. The molecule has 0 fully saturated rings. The highest BCUT2D eigenvalue weighted by molar-refractivity contribution is 5.92. The summed E-state index contributed by atoms with van der Waals surface area (Å²) in [6.45, 7) is 4.92. The van der Waals surface area contributed by atoms with Crippen LogP contribution >= 0.6 is 0 Å². The Hall–Kier alpha value is -3.36. The molecule has 168 valence electrons. The van der Waals surface area contributed by atoms with E-state index in [1.807, 2.05) is 24.3 Å². The number of benzene rings is 1. The monoisotopic (exact) mass is 431 g/mol. The van der Waals surface area contributed by atoms with Crippen LogP contribution in [0.3, 0.4) is 0 Å². The number of amides is 2. The molecule has 0 radical (unpaired) electrons. The maximum absolute atomic E-state index is 12.8. The van der Waals surface area contributed by atoms with Gasteiger partial charge in [0.15, 0.2) is 5.78 Å². The van der Waals surface area contributed by atoms with E-state index in [9.17, 15) is 19.2 Å². The number of aromatic amines is 1. The highest BCUT2D eigenvalue weighted by Gasteiger charge is 2.26. The average molecular weight is 431 g/mol. The third kappa shape index (κ3) is 7.76. The van der Waals surface area contributed by atoms with Crippen molar-refractivity contribution in [3.05, 3.63) is 36.0 Å². The summed E-state index contributed by atoms with van der Waals surface area (Å²) in [5, 5.41) is 6.05. The number of H-pyrrole nitrogens is 1. The van der Waals surface area contributed by atoms with Gasteiger partial charge in [-0.1, -0.05) is 18.2 Å². The number of carbonyl (C=O) groups is 4. The molecule has 1 aromatic carbocycles. The molecule has 1 atom stereocenters. The van der Waals surface area contributed by atoms with E-state index in [0.29, 0.717) is 0 Å². The van der Waals surface area contributed by atoms with Gasteiger partial charge in [-0.15, -0.1) is 0 Å². The molecule has 31 heavy (non-hydrogen) atoms. The SMILES string of the molecule is COC(=O)CCC(=O)CNC(=O)[C@@H](Cc1c[nH]c2ccccc12)NC(=O)OC(C)(C)C. The van der Waals surface area contributed by atoms with Crippen molar-refractivity contribution in [2.75, 3.05) is 13.7 Å². The van der Waals surface area contributed by atoms with E-state index in [1.165, 1.54) is 7.11 Å². The molecule has 0 spiro atoms. The number of nitrogens with one attached hydrogen (secondary N) is 3. The Morgan fingerprint density at radius 2 is 1.81 bits per heavy atom. The fourth-order valence-electron chi connectivity index (χ4n) is 2.92. The van der Waals surface area contributed by atoms with E-state index in [1.54, 1.807) is 27.0 Å². The highest BCUT2D eigenvalue weighted by atomic mass is 16.6. The van der Waals surface area contributed by atoms with Gasteiger partial charge in [0, 0.05) is 29.9 Å². The van der Waals surface area contributed by atoms with Gasteiger partial charge in [0.2, 0.25) is 5.91 Å². The van der Waals surface area contributed by atoms with Crippen molar-refractivity contribution >= 4 is 34.7 Å². The number of hydrogen-bond acceptors (Lipinski definition) is 6. The number of rotatable bonds is 9. The van der Waals surface area contributed by atoms with Gasteiger partial charge >= 0.3 is 12.1 Å². The van der Waals surface area contributed by atoms with E-state index < -0.39 is 29.6 Å². The standard InChI is InChI=1S/C22H29N3O6/c1-22(2,3)31-21(29)25-18(11-14-12-23-17-8-6-5-7-16(14)17)20(28)24-13-15(26)9-10-19(27)30-4/h5-8,12,18,23H,9-11,13H2,1-4H3,(H,24,28)(H,25,29)/t18-/m1/s1. The van der Waals surface area contributed by atoms with Crippen molar-refractivity contribution in [2.45, 2.75) is 51.7 Å². The Morgan fingerprint density at radius 3 is 2.48 bits per heavy atom. The first-order valence-electron chi connectivity index (χ1n) is 10.00. The number of Topliss-reactive ketones (excluding diaryl/α,β-unsaturated/α-hetero) is 1. The fraction of sp³-hybridized carbons (Fsp3) is 0.455. The van der Waals surface area contributed by atoms with E-state index in [4.69, 9.17) is 4.74 Å². The number of ether oxygens (including phenoxy) is 2. The quantitative estimate of drug-likeness (QED) is 0.523. The molecule has 2 rings (SSSR count). The lowest BCUT2D eigenvalue weighted by Crippen LogP contribution is -2.50. The summed E-state index contributed by atoms with van der Waals surface area (Å²) in [7, 11) is 1.24. The molecule has 0 aliphatic carbocycles. The summed E-state index contributed by atoms with van der Waals surface area (Å²) in [5.74, 6) is -1.34. The summed E-state index contributed by atoms with van der Waals surface area (Å²) in [6.07, 6.45) is 1.15. The summed E-state index contributed by atoms with van der Waals surface area (Å²) in [5.41, 5.74) is 1.02. The van der Waals surface area contributed by atoms with Gasteiger partial charge in [0.05, 0.1) is 20.1 Å². The number of carbonyl (C=O) groups excluding carboxylic acids is 4. The van der Waals surface area contributed by atoms with Gasteiger partial charge in [0.25, 0.3) is 0 Å². The predicted molar refractivity (Wildman–Crippen MR) is 114 cm³/mol. The zero-order valence-electron chi connectivity index (χ0n) is 18.2. The third-order valence-electron chi connectivity index (χ3n) is 4.40. The first kappa shape index (κ1) is 23.9. The minimum Gasteiger partial charge on any atom is -0.469 e. The van der Waals surface area contributed by atoms with Crippen LogP contribution in [0.5, 0.6) is 0 Å². The first-order chi connectivity index (χ1) is 14.6. The number of aromatic nitrogens is 1. The molecule has 0 bridgehead atoms. The molecular weight excluding hydrogens is 402 g/mol. The topological polar surface area (TPSA) is 127 Å². The molecule has 0 saturated carbocycles. The van der Waals surface area contributed by atoms with Crippen molar-refractivity contribution < 1.29 is 28.7 Å². The number of fused-ring (bicyclic) bond motifs is 1. The van der Waals surface area contributed by atoms with Crippen molar-refractivity contribution in [3.63, 3.8) is 0 Å². The number of esters is 1. The number of hydrogen-bond donors (Lipinski definition) is 3. The summed E-state index contributed by atoms with van der Waals surface area (Å²) in [6, 6.07) is 6.65. The Morgan fingerprint density at radius 1 is 1.10 bits per heavy atom. The molecule has 0 aliphatic heterocycles. The largest absolute Gasteiger partial charge is 0.469 e. The molecule has 0 unspecified atom stereocenters. The molecule has 0 saturated heterocycles. The van der Waals surface area contributed by atoms with Gasteiger partial charge in [0.1, 0.15) is 11.6 Å². The van der Waals surface area contributed by atoms with Crippen LogP contribution < -0.4 is 10.6 Å². The van der Waals surface area contributed by atoms with Crippen LogP contribution in [0.1, 0.15) is 39.2 Å². The van der Waals surface area contributed by atoms with Crippen molar-refractivity contribution in [1.82, 2.24) is 15.6 Å². The van der Waals surface area contributed by atoms with Gasteiger partial charge in [-0.3, -0.25) is 14.4 Å². The Balaban J connectivity index is 2.07. The van der Waals surface area contributed by atoms with Crippen molar-refractivity contribution in [2.24, 2.45) is 0 Å². The van der Waals surface area contributed by atoms with Crippen LogP contribution in [-0.2, 0) is 30.3 Å². The minimum absolute atomic E-state index is 0.0421. The zero-order chi connectivity index (χ0) is 23.0. The maximum Gasteiger partial charge on any atom is 0.408 e. The molecular formula is C22H29N3O6. The van der Waals surface area contributed by atoms with Crippen LogP contribution in [0.15, 0.2) is 30.5 Å². The number of alkyl carbamates (subject to hydrolysis) is 1. The molecule has 2 aromatic rings. The highest BCUT2D eigenvalue weighted by Crippen LogP contribution is 2.19. The lowest BCUT2D eigenvalue weighted by Gasteiger charge is -2.23. The van der Waals surface area contributed by atoms with Crippen LogP contribution in [0.4, 0.5) is 4.79 Å². The van der Waals surface area contributed by atoms with Crippen LogP contribution in [0.2, 0.25) is 0 Å². The second kappa shape index (κ2) is 10.6. The van der Waals surface area contributed by atoms with Crippen LogP contribution in [-0.4, -0.2) is 54.0 Å². The zero-order valence-corrected chi connectivity index (χ0v) is 18.2. The summed E-state index contributed by atoms with van der Waals surface area (Å²) < 4.78 is 9.77. The average Bonchev–Trinajstić information content (AvgIpc) is 3.11. The van der Waals surface area contributed by atoms with E-state index in [0.717, 1.165) is 16.5 Å². The summed E-state index contributed by atoms with van der Waals surface area (Å²) in [4.78, 5) is 51.3. The van der Waals surface area contributed by atoms with E-state index in [2.05, 4.69) is 20.4 Å². The Labute approximate surface area is 180 Å². The Kier molecular flexibility index (Phi) is 8.18. The van der Waals surface area contributed by atoms with Crippen LogP contribution in [0, 0.1) is 0 Å². The normalized spacial score (nSPS) is 12.1. The fourth-order valence-corrected chi connectivity index (χ4v) is 2.92. The number of para-hydroxylation sites is 1. The van der Waals surface area contributed by atoms with Gasteiger partial charge in [-0.2, -0.15) is 0 Å². The molecule has 9 nitrogen and oxygen atoms in total. The summed E-state index contributed by atoms with van der Waals surface area (Å²) >= 11 is 0. The molecule has 0 aliphatic rings. The molecule has 1 heterocycles. The molecule has 1 aromatic heterocycles. The maximum atomic E-state index is 12.8. The minimum atomic E-state index is -0.956. The van der Waals surface area contributed by atoms with Gasteiger partial charge < -0.3 is 25.1 Å². The smallest absolute Gasteiger partial charge is 0.408 e. The van der Waals surface area contributed by atoms with E-state index in [-0.39, 0.29) is 31.6 Å². The van der Waals surface area contributed by atoms with Gasteiger partial charge in [-0.25, -0.2) is 4.79 Å². The first-order valence-corrected chi connectivity index (χ1v) is 10.00. The second-order valence-corrected chi connectivity index (χ2v) is 8.10.